The number of nitrogens with one attached hydrogen (secondary N) is 2. The highest BCUT2D eigenvalue weighted by Crippen LogP contribution is 2.32. The number of carbonyl (C=O) groups is 2. The summed E-state index contributed by atoms with van der Waals surface area (Å²) in [6, 6.07) is 8.26. The van der Waals surface area contributed by atoms with Crippen molar-refractivity contribution in [1.82, 2.24) is 5.32 Å². The molecule has 4 nitrogen and oxygen atoms in total. The molecule has 2 N–H and O–H groups in total. The average Bonchev–Trinajstić information content (AvgIpc) is 2.83. The van der Waals surface area contributed by atoms with Crippen molar-refractivity contribution in [2.45, 2.75) is 32.1 Å². The van der Waals surface area contributed by atoms with Crippen molar-refractivity contribution in [1.29, 1.82) is 0 Å². The van der Waals surface area contributed by atoms with Crippen LogP contribution in [0.25, 0.3) is 0 Å². The van der Waals surface area contributed by atoms with Crippen molar-refractivity contribution in [2.24, 2.45) is 0 Å². The van der Waals surface area contributed by atoms with E-state index in [-0.39, 0.29) is 11.8 Å². The van der Waals surface area contributed by atoms with Gasteiger partial charge in [0.1, 0.15) is 5.00 Å². The molecule has 0 unspecified atom stereocenters. The predicted molar refractivity (Wildman–Crippen MR) is 102 cm³/mol. The van der Waals surface area contributed by atoms with E-state index in [0.717, 1.165) is 15.3 Å². The number of anilines is 1. The van der Waals surface area contributed by atoms with E-state index in [1.165, 1.54) is 16.9 Å². The number of hydrogen-bond acceptors (Lipinski definition) is 4. The summed E-state index contributed by atoms with van der Waals surface area (Å²) in [6.07, 6.45) is 0.404. The Morgan fingerprint density at radius 3 is 2.42 bits per heavy atom. The van der Waals surface area contributed by atoms with Crippen LogP contribution in [0.1, 0.15) is 32.8 Å². The van der Waals surface area contributed by atoms with E-state index in [0.29, 0.717) is 22.7 Å². The molecule has 2 amide bonds. The maximum atomic E-state index is 12.2. The fourth-order valence-electron chi connectivity index (χ4n) is 2.20. The third kappa shape index (κ3) is 4.61. The molecule has 0 saturated carbocycles. The molecule has 2 rings (SSSR count). The van der Waals surface area contributed by atoms with Crippen LogP contribution in [-0.2, 0) is 4.79 Å². The number of thioether (sulfide) groups is 1. The molecule has 128 valence electrons. The highest BCUT2D eigenvalue weighted by molar-refractivity contribution is 7.99. The molecule has 1 aromatic heterocycles. The topological polar surface area (TPSA) is 58.2 Å². The van der Waals surface area contributed by atoms with Crippen molar-refractivity contribution in [2.75, 3.05) is 18.1 Å². The van der Waals surface area contributed by atoms with Gasteiger partial charge in [0.2, 0.25) is 5.91 Å². The van der Waals surface area contributed by atoms with Gasteiger partial charge >= 0.3 is 0 Å². The van der Waals surface area contributed by atoms with Crippen molar-refractivity contribution in [3.63, 3.8) is 0 Å². The minimum absolute atomic E-state index is 0.0685. The molecule has 0 fully saturated rings. The zero-order valence-electron chi connectivity index (χ0n) is 14.4. The standard InChI is InChI=1S/C18H22N2O2S2/c1-11-5-7-14(8-6-11)23-10-9-15(21)20-18-16(17(22)19-4)12(2)13(3)24-18/h5-8H,9-10H2,1-4H3,(H,19,22)(H,20,21). The van der Waals surface area contributed by atoms with Gasteiger partial charge in [-0.05, 0) is 38.5 Å². The Morgan fingerprint density at radius 2 is 1.79 bits per heavy atom. The van der Waals surface area contributed by atoms with Gasteiger partial charge in [0.15, 0.2) is 0 Å². The number of rotatable bonds is 6. The quantitative estimate of drug-likeness (QED) is 0.759. The monoisotopic (exact) mass is 362 g/mol. The Balaban J connectivity index is 1.94. The minimum atomic E-state index is -0.166. The zero-order chi connectivity index (χ0) is 17.7. The summed E-state index contributed by atoms with van der Waals surface area (Å²) in [7, 11) is 1.60. The Kier molecular flexibility index (Phi) is 6.45. The first kappa shape index (κ1) is 18.5. The third-order valence-electron chi connectivity index (χ3n) is 3.71. The number of hydrogen-bond donors (Lipinski definition) is 2. The summed E-state index contributed by atoms with van der Waals surface area (Å²) in [5, 5.41) is 6.15. The molecule has 0 bridgehead atoms. The first-order chi connectivity index (χ1) is 11.4. The van der Waals surface area contributed by atoms with Crippen LogP contribution in [0.4, 0.5) is 5.00 Å². The molecule has 2 aromatic rings. The molecule has 24 heavy (non-hydrogen) atoms. The van der Waals surface area contributed by atoms with E-state index < -0.39 is 0 Å². The second-order valence-electron chi connectivity index (χ2n) is 5.53. The van der Waals surface area contributed by atoms with Gasteiger partial charge < -0.3 is 10.6 Å². The van der Waals surface area contributed by atoms with Gasteiger partial charge in [0.05, 0.1) is 5.56 Å². The number of thiophene rings is 1. The lowest BCUT2D eigenvalue weighted by atomic mass is 10.1. The van der Waals surface area contributed by atoms with Crippen LogP contribution < -0.4 is 10.6 Å². The van der Waals surface area contributed by atoms with Crippen molar-refractivity contribution >= 4 is 39.9 Å². The Labute approximate surface area is 151 Å². The number of carbonyl (C=O) groups excluding carboxylic acids is 2. The fraction of sp³-hybridized carbons (Fsp3) is 0.333. The summed E-state index contributed by atoms with van der Waals surface area (Å²) in [5.41, 5.74) is 2.71. The molecular weight excluding hydrogens is 340 g/mol. The van der Waals surface area contributed by atoms with E-state index in [1.807, 2.05) is 13.8 Å². The van der Waals surface area contributed by atoms with Crippen molar-refractivity contribution in [3.8, 4) is 0 Å². The molecule has 0 aliphatic rings. The van der Waals surface area contributed by atoms with Gasteiger partial charge in [0, 0.05) is 29.0 Å². The molecule has 0 spiro atoms. The van der Waals surface area contributed by atoms with Gasteiger partial charge in [-0.1, -0.05) is 17.7 Å². The first-order valence-electron chi connectivity index (χ1n) is 7.73. The SMILES string of the molecule is CNC(=O)c1c(NC(=O)CCSc2ccc(C)cc2)sc(C)c1C. The van der Waals surface area contributed by atoms with Crippen LogP contribution in [0.15, 0.2) is 29.2 Å². The molecule has 0 saturated heterocycles. The highest BCUT2D eigenvalue weighted by Gasteiger charge is 2.19. The van der Waals surface area contributed by atoms with Crippen molar-refractivity contribution < 1.29 is 9.59 Å². The zero-order valence-corrected chi connectivity index (χ0v) is 16.0. The molecule has 0 atom stereocenters. The first-order valence-corrected chi connectivity index (χ1v) is 9.54. The van der Waals surface area contributed by atoms with Gasteiger partial charge in [-0.25, -0.2) is 0 Å². The molecule has 1 aromatic carbocycles. The second-order valence-corrected chi connectivity index (χ2v) is 7.92. The summed E-state index contributed by atoms with van der Waals surface area (Å²) >= 11 is 3.10. The summed E-state index contributed by atoms with van der Waals surface area (Å²) in [6.45, 7) is 5.91. The van der Waals surface area contributed by atoms with Crippen LogP contribution in [0.5, 0.6) is 0 Å². The molecule has 0 radical (unpaired) electrons. The van der Waals surface area contributed by atoms with E-state index in [1.54, 1.807) is 18.8 Å². The van der Waals surface area contributed by atoms with E-state index in [2.05, 4.69) is 41.8 Å². The minimum Gasteiger partial charge on any atom is -0.355 e. The summed E-state index contributed by atoms with van der Waals surface area (Å²) < 4.78 is 0. The lowest BCUT2D eigenvalue weighted by molar-refractivity contribution is -0.115. The van der Waals surface area contributed by atoms with E-state index >= 15 is 0 Å². The predicted octanol–water partition coefficient (Wildman–Crippen LogP) is 4.15. The van der Waals surface area contributed by atoms with E-state index in [4.69, 9.17) is 0 Å². The Bertz CT molecular complexity index is 736. The van der Waals surface area contributed by atoms with Crippen LogP contribution in [0.3, 0.4) is 0 Å². The molecule has 0 aliphatic heterocycles. The maximum Gasteiger partial charge on any atom is 0.254 e. The lowest BCUT2D eigenvalue weighted by Gasteiger charge is -2.07. The van der Waals surface area contributed by atoms with Gasteiger partial charge in [0.25, 0.3) is 5.91 Å². The smallest absolute Gasteiger partial charge is 0.254 e. The van der Waals surface area contributed by atoms with Crippen molar-refractivity contribution in [3.05, 3.63) is 45.8 Å². The number of aryl methyl sites for hydroxylation is 2. The number of benzene rings is 1. The van der Waals surface area contributed by atoms with Gasteiger partial charge in [-0.3, -0.25) is 9.59 Å². The molecule has 1 heterocycles. The lowest BCUT2D eigenvalue weighted by Crippen LogP contribution is -2.21. The fourth-order valence-corrected chi connectivity index (χ4v) is 4.12. The van der Waals surface area contributed by atoms with Crippen LogP contribution in [0.2, 0.25) is 0 Å². The Morgan fingerprint density at radius 1 is 1.12 bits per heavy atom. The highest BCUT2D eigenvalue weighted by atomic mass is 32.2. The van der Waals surface area contributed by atoms with Gasteiger partial charge in [-0.2, -0.15) is 0 Å². The van der Waals surface area contributed by atoms with Gasteiger partial charge in [-0.15, -0.1) is 23.1 Å². The van der Waals surface area contributed by atoms with Crippen LogP contribution in [-0.4, -0.2) is 24.6 Å². The summed E-state index contributed by atoms with van der Waals surface area (Å²) in [5.74, 6) is 0.468. The molecular formula is C18H22N2O2S2. The maximum absolute atomic E-state index is 12.2. The summed E-state index contributed by atoms with van der Waals surface area (Å²) in [4.78, 5) is 26.4. The number of amides is 2. The second kappa shape index (κ2) is 8.35. The normalized spacial score (nSPS) is 10.5. The van der Waals surface area contributed by atoms with Crippen LogP contribution in [0, 0.1) is 20.8 Å². The molecule has 6 heteroatoms. The molecule has 0 aliphatic carbocycles. The third-order valence-corrected chi connectivity index (χ3v) is 5.85. The van der Waals surface area contributed by atoms with E-state index in [9.17, 15) is 9.59 Å². The average molecular weight is 363 g/mol. The van der Waals surface area contributed by atoms with Crippen LogP contribution >= 0.6 is 23.1 Å². The largest absolute Gasteiger partial charge is 0.355 e. The Hall–Kier alpha value is -1.79.